The molecule has 1 aliphatic rings. The molecule has 2 amide bonds. The first-order valence-electron chi connectivity index (χ1n) is 7.42. The lowest BCUT2D eigenvalue weighted by atomic mass is 10.2. The molecule has 132 valence electrons. The minimum atomic E-state index is -1.08. The van der Waals surface area contributed by atoms with Crippen LogP contribution in [0.15, 0.2) is 53.4 Å². The Hall–Kier alpha value is -3.13. The fourth-order valence-corrected chi connectivity index (χ4v) is 3.08. The lowest BCUT2D eigenvalue weighted by molar-refractivity contribution is -0.139. The Labute approximate surface area is 151 Å². The van der Waals surface area contributed by atoms with Crippen LogP contribution in [0.4, 0.5) is 14.9 Å². The van der Waals surface area contributed by atoms with Crippen LogP contribution in [0, 0.1) is 5.82 Å². The van der Waals surface area contributed by atoms with Crippen LogP contribution < -0.4 is 9.64 Å². The summed E-state index contributed by atoms with van der Waals surface area (Å²) in [5.74, 6) is -1.65. The van der Waals surface area contributed by atoms with Crippen LogP contribution in [0.3, 0.4) is 0 Å². The Morgan fingerprint density at radius 3 is 2.38 bits per heavy atom. The first kappa shape index (κ1) is 17.7. The van der Waals surface area contributed by atoms with Gasteiger partial charge in [-0.05, 0) is 59.8 Å². The second-order valence-electron chi connectivity index (χ2n) is 5.24. The predicted octanol–water partition coefficient (Wildman–Crippen LogP) is 3.53. The normalized spacial score (nSPS) is 15.6. The van der Waals surface area contributed by atoms with Crippen LogP contribution >= 0.6 is 11.8 Å². The number of benzene rings is 2. The van der Waals surface area contributed by atoms with Crippen molar-refractivity contribution in [1.29, 1.82) is 0 Å². The number of halogens is 1. The summed E-state index contributed by atoms with van der Waals surface area (Å²) in [6.45, 7) is -0.449. The lowest BCUT2D eigenvalue weighted by Gasteiger charge is -2.11. The van der Waals surface area contributed by atoms with Crippen molar-refractivity contribution in [2.45, 2.75) is 0 Å². The number of nitrogens with zero attached hydrogens (tertiary/aromatic N) is 1. The quantitative estimate of drug-likeness (QED) is 0.807. The topological polar surface area (TPSA) is 83.9 Å². The van der Waals surface area contributed by atoms with E-state index in [0.717, 1.165) is 16.7 Å². The van der Waals surface area contributed by atoms with Gasteiger partial charge < -0.3 is 9.84 Å². The van der Waals surface area contributed by atoms with Gasteiger partial charge in [-0.2, -0.15) is 0 Å². The number of rotatable bonds is 5. The number of amides is 2. The number of aliphatic carboxylic acids is 1. The molecule has 1 fully saturated rings. The molecule has 0 aliphatic carbocycles. The molecule has 0 spiro atoms. The van der Waals surface area contributed by atoms with Crippen molar-refractivity contribution in [3.63, 3.8) is 0 Å². The van der Waals surface area contributed by atoms with Crippen LogP contribution in [-0.4, -0.2) is 28.8 Å². The molecule has 3 rings (SSSR count). The number of hydrogen-bond donors (Lipinski definition) is 1. The predicted molar refractivity (Wildman–Crippen MR) is 94.4 cm³/mol. The lowest BCUT2D eigenvalue weighted by Crippen LogP contribution is -2.27. The molecule has 0 aromatic heterocycles. The molecule has 0 bridgehead atoms. The van der Waals surface area contributed by atoms with Gasteiger partial charge in [0.25, 0.3) is 11.1 Å². The highest BCUT2D eigenvalue weighted by Crippen LogP contribution is 2.35. The van der Waals surface area contributed by atoms with E-state index in [0.29, 0.717) is 17.0 Å². The Morgan fingerprint density at radius 2 is 1.77 bits per heavy atom. The first-order valence-corrected chi connectivity index (χ1v) is 8.24. The van der Waals surface area contributed by atoms with Crippen molar-refractivity contribution in [3.8, 4) is 5.75 Å². The molecule has 6 nitrogen and oxygen atoms in total. The van der Waals surface area contributed by atoms with E-state index in [4.69, 9.17) is 9.84 Å². The molecule has 2 aromatic carbocycles. The summed E-state index contributed by atoms with van der Waals surface area (Å²) in [4.78, 5) is 36.3. The fourth-order valence-electron chi connectivity index (χ4n) is 2.24. The number of carboxylic acids is 1. The van der Waals surface area contributed by atoms with E-state index in [9.17, 15) is 18.8 Å². The van der Waals surface area contributed by atoms with E-state index < -0.39 is 29.5 Å². The van der Waals surface area contributed by atoms with Crippen LogP contribution in [0.25, 0.3) is 6.08 Å². The molecule has 26 heavy (non-hydrogen) atoms. The number of carboxylic acid groups (broad SMARTS) is 1. The molecule has 1 aliphatic heterocycles. The van der Waals surface area contributed by atoms with Gasteiger partial charge in [-0.25, -0.2) is 14.1 Å². The molecule has 1 heterocycles. The van der Waals surface area contributed by atoms with Crippen molar-refractivity contribution in [2.24, 2.45) is 0 Å². The molecule has 1 saturated heterocycles. The molecular weight excluding hydrogens is 361 g/mol. The molecule has 0 atom stereocenters. The maximum atomic E-state index is 13.0. The summed E-state index contributed by atoms with van der Waals surface area (Å²) < 4.78 is 18.0. The average Bonchev–Trinajstić information content (AvgIpc) is 2.89. The zero-order chi connectivity index (χ0) is 18.7. The molecule has 2 aromatic rings. The van der Waals surface area contributed by atoms with E-state index in [-0.39, 0.29) is 4.91 Å². The van der Waals surface area contributed by atoms with Gasteiger partial charge in [-0.3, -0.25) is 9.59 Å². The van der Waals surface area contributed by atoms with Crippen molar-refractivity contribution in [1.82, 2.24) is 0 Å². The molecule has 0 unspecified atom stereocenters. The van der Waals surface area contributed by atoms with Gasteiger partial charge in [0, 0.05) is 0 Å². The van der Waals surface area contributed by atoms with Gasteiger partial charge in [0.05, 0.1) is 10.6 Å². The highest BCUT2D eigenvalue weighted by Gasteiger charge is 2.36. The van der Waals surface area contributed by atoms with Crippen LogP contribution in [0.2, 0.25) is 0 Å². The SMILES string of the molecule is O=C(O)COc1ccc(/C=C2\SC(=O)N(c3ccc(F)cc3)C2=O)cc1. The van der Waals surface area contributed by atoms with Gasteiger partial charge in [-0.15, -0.1) is 0 Å². The largest absolute Gasteiger partial charge is 0.482 e. The third-order valence-corrected chi connectivity index (χ3v) is 4.29. The molecule has 0 saturated carbocycles. The summed E-state index contributed by atoms with van der Waals surface area (Å²) in [5, 5.41) is 8.11. The smallest absolute Gasteiger partial charge is 0.341 e. The zero-order valence-electron chi connectivity index (χ0n) is 13.2. The van der Waals surface area contributed by atoms with E-state index in [2.05, 4.69) is 0 Å². The maximum absolute atomic E-state index is 13.0. The average molecular weight is 373 g/mol. The molecule has 8 heteroatoms. The van der Waals surface area contributed by atoms with E-state index in [1.807, 2.05) is 0 Å². The molecule has 1 N–H and O–H groups in total. The highest BCUT2D eigenvalue weighted by atomic mass is 32.2. The van der Waals surface area contributed by atoms with Gasteiger partial charge in [0.15, 0.2) is 6.61 Å². The molecule has 0 radical (unpaired) electrons. The highest BCUT2D eigenvalue weighted by molar-refractivity contribution is 8.19. The number of thioether (sulfide) groups is 1. The number of imide groups is 1. The van der Waals surface area contributed by atoms with Gasteiger partial charge in [0.1, 0.15) is 11.6 Å². The number of hydrogen-bond acceptors (Lipinski definition) is 5. The summed E-state index contributed by atoms with van der Waals surface area (Å²) in [6.07, 6.45) is 1.55. The minimum absolute atomic E-state index is 0.235. The van der Waals surface area contributed by atoms with Crippen LogP contribution in [0.5, 0.6) is 5.75 Å². The second-order valence-corrected chi connectivity index (χ2v) is 6.24. The van der Waals surface area contributed by atoms with Gasteiger partial charge >= 0.3 is 5.97 Å². The van der Waals surface area contributed by atoms with Gasteiger partial charge in [-0.1, -0.05) is 12.1 Å². The van der Waals surface area contributed by atoms with E-state index in [1.54, 1.807) is 30.3 Å². The van der Waals surface area contributed by atoms with Gasteiger partial charge in [0.2, 0.25) is 0 Å². The summed E-state index contributed by atoms with van der Waals surface area (Å²) in [6, 6.07) is 11.5. The minimum Gasteiger partial charge on any atom is -0.482 e. The maximum Gasteiger partial charge on any atom is 0.341 e. The monoisotopic (exact) mass is 373 g/mol. The Balaban J connectivity index is 1.77. The summed E-state index contributed by atoms with van der Waals surface area (Å²) in [7, 11) is 0. The van der Waals surface area contributed by atoms with Crippen LogP contribution in [-0.2, 0) is 9.59 Å². The number of carbonyl (C=O) groups excluding carboxylic acids is 2. The first-order chi connectivity index (χ1) is 12.4. The standard InChI is InChI=1S/C18H12FNO5S/c19-12-3-5-13(6-4-12)20-17(23)15(26-18(20)24)9-11-1-7-14(8-2-11)25-10-16(21)22/h1-9H,10H2,(H,21,22)/b15-9-. The third-order valence-electron chi connectivity index (χ3n) is 3.42. The summed E-state index contributed by atoms with van der Waals surface area (Å²) in [5.41, 5.74) is 0.951. The number of ether oxygens (including phenoxy) is 1. The van der Waals surface area contributed by atoms with Crippen molar-refractivity contribution < 1.29 is 28.6 Å². The van der Waals surface area contributed by atoms with Crippen molar-refractivity contribution in [3.05, 3.63) is 64.8 Å². The fraction of sp³-hybridized carbons (Fsp3) is 0.0556. The van der Waals surface area contributed by atoms with Crippen molar-refractivity contribution in [2.75, 3.05) is 11.5 Å². The zero-order valence-corrected chi connectivity index (χ0v) is 14.0. The van der Waals surface area contributed by atoms with E-state index >= 15 is 0 Å². The second kappa shape index (κ2) is 7.40. The Morgan fingerprint density at radius 1 is 1.12 bits per heavy atom. The number of carbonyl (C=O) groups is 3. The third kappa shape index (κ3) is 3.92. The Kier molecular flexibility index (Phi) is 5.04. The van der Waals surface area contributed by atoms with Crippen LogP contribution in [0.1, 0.15) is 5.56 Å². The molecular formula is C18H12FNO5S. The van der Waals surface area contributed by atoms with E-state index in [1.165, 1.54) is 24.3 Å². The number of anilines is 1. The Bertz CT molecular complexity index is 893. The summed E-state index contributed by atoms with van der Waals surface area (Å²) >= 11 is 0.790. The van der Waals surface area contributed by atoms with Crippen molar-refractivity contribution >= 4 is 40.6 Å².